The van der Waals surface area contributed by atoms with E-state index in [0.717, 1.165) is 0 Å². The molecule has 1 atom stereocenters. The lowest BCUT2D eigenvalue weighted by Gasteiger charge is -2.24. The van der Waals surface area contributed by atoms with E-state index in [1.807, 2.05) is 6.92 Å². The van der Waals surface area contributed by atoms with Crippen molar-refractivity contribution in [2.75, 3.05) is 13.1 Å². The summed E-state index contributed by atoms with van der Waals surface area (Å²) in [5.74, 6) is -0.500. The van der Waals surface area contributed by atoms with Gasteiger partial charge in [-0.2, -0.15) is 0 Å². The summed E-state index contributed by atoms with van der Waals surface area (Å²) < 4.78 is 0. The molecule has 0 fully saturated rings. The van der Waals surface area contributed by atoms with Crippen LogP contribution >= 0.6 is 11.6 Å². The predicted molar refractivity (Wildman–Crippen MR) is 77.3 cm³/mol. The van der Waals surface area contributed by atoms with Gasteiger partial charge in [0.2, 0.25) is 0 Å². The molecule has 1 aromatic rings. The number of aromatic hydroxyl groups is 1. The minimum absolute atomic E-state index is 0.0694. The Morgan fingerprint density at radius 2 is 2.20 bits per heavy atom. The van der Waals surface area contributed by atoms with Crippen molar-refractivity contribution in [1.82, 2.24) is 4.90 Å². The molecular formula is C13H18ClN3O3. The second kappa shape index (κ2) is 7.00. The zero-order valence-electron chi connectivity index (χ0n) is 11.4. The number of amides is 1. The van der Waals surface area contributed by atoms with Crippen LogP contribution in [0.2, 0.25) is 5.02 Å². The predicted octanol–water partition coefficient (Wildman–Crippen LogP) is 1.89. The van der Waals surface area contributed by atoms with E-state index in [-0.39, 0.29) is 28.4 Å². The topological polar surface area (TPSA) is 99.1 Å². The minimum atomic E-state index is -0.267. The second-order valence-electron chi connectivity index (χ2n) is 4.44. The molecular weight excluding hydrogens is 282 g/mol. The molecule has 0 spiro atoms. The Morgan fingerprint density at radius 3 is 2.70 bits per heavy atom. The van der Waals surface area contributed by atoms with Crippen molar-refractivity contribution in [2.24, 2.45) is 16.8 Å². The molecule has 6 nitrogen and oxygen atoms in total. The number of hydrogen-bond donors (Lipinski definition) is 3. The number of carbonyl (C=O) groups is 1. The van der Waals surface area contributed by atoms with E-state index in [2.05, 4.69) is 5.16 Å². The zero-order chi connectivity index (χ0) is 15.3. The third-order valence-electron chi connectivity index (χ3n) is 2.98. The molecule has 0 aliphatic rings. The molecule has 7 heteroatoms. The van der Waals surface area contributed by atoms with E-state index in [9.17, 15) is 9.90 Å². The van der Waals surface area contributed by atoms with Crippen LogP contribution in [0.4, 0.5) is 0 Å². The molecule has 20 heavy (non-hydrogen) atoms. The third-order valence-corrected chi connectivity index (χ3v) is 3.28. The van der Waals surface area contributed by atoms with Gasteiger partial charge in [-0.05, 0) is 25.1 Å². The number of carbonyl (C=O) groups excluding carboxylic acids is 1. The Hall–Kier alpha value is -1.95. The molecule has 0 aliphatic heterocycles. The molecule has 0 saturated heterocycles. The van der Waals surface area contributed by atoms with Crippen LogP contribution in [0, 0.1) is 5.92 Å². The molecule has 1 amide bonds. The van der Waals surface area contributed by atoms with E-state index in [0.29, 0.717) is 18.7 Å². The average molecular weight is 300 g/mol. The van der Waals surface area contributed by atoms with E-state index in [1.165, 1.54) is 18.2 Å². The highest BCUT2D eigenvalue weighted by Gasteiger charge is 2.19. The lowest BCUT2D eigenvalue weighted by Crippen LogP contribution is -2.38. The average Bonchev–Trinajstić information content (AvgIpc) is 2.45. The molecule has 1 unspecified atom stereocenters. The first-order valence-corrected chi connectivity index (χ1v) is 6.53. The summed E-state index contributed by atoms with van der Waals surface area (Å²) in [6, 6.07) is 4.28. The Balaban J connectivity index is 2.89. The van der Waals surface area contributed by atoms with Gasteiger partial charge in [-0.3, -0.25) is 4.79 Å². The van der Waals surface area contributed by atoms with Gasteiger partial charge < -0.3 is 20.9 Å². The molecule has 0 bridgehead atoms. The maximum atomic E-state index is 12.3. The smallest absolute Gasteiger partial charge is 0.253 e. The number of amidine groups is 1. The van der Waals surface area contributed by atoms with Gasteiger partial charge in [0.05, 0.1) is 5.02 Å². The summed E-state index contributed by atoms with van der Waals surface area (Å²) >= 11 is 5.79. The number of phenols is 1. The van der Waals surface area contributed by atoms with Gasteiger partial charge in [-0.25, -0.2) is 0 Å². The number of rotatable bonds is 5. The van der Waals surface area contributed by atoms with Crippen LogP contribution < -0.4 is 5.73 Å². The molecule has 110 valence electrons. The summed E-state index contributed by atoms with van der Waals surface area (Å²) in [5, 5.41) is 21.0. The first-order valence-electron chi connectivity index (χ1n) is 6.15. The Kier molecular flexibility index (Phi) is 5.64. The van der Waals surface area contributed by atoms with Crippen LogP contribution in [0.15, 0.2) is 23.4 Å². The number of oxime groups is 1. The summed E-state index contributed by atoms with van der Waals surface area (Å²) in [5.41, 5.74) is 5.89. The van der Waals surface area contributed by atoms with Gasteiger partial charge in [0, 0.05) is 24.6 Å². The summed E-state index contributed by atoms with van der Waals surface area (Å²) in [6.07, 6.45) is 0. The fraction of sp³-hybridized carbons (Fsp3) is 0.385. The number of hydrogen-bond acceptors (Lipinski definition) is 4. The fourth-order valence-corrected chi connectivity index (χ4v) is 1.88. The van der Waals surface area contributed by atoms with E-state index >= 15 is 0 Å². The van der Waals surface area contributed by atoms with Crippen LogP contribution in [0.5, 0.6) is 5.75 Å². The molecule has 1 rings (SSSR count). The molecule has 0 aromatic heterocycles. The summed E-state index contributed by atoms with van der Waals surface area (Å²) in [7, 11) is 0. The first kappa shape index (κ1) is 16.1. The molecule has 0 radical (unpaired) electrons. The highest BCUT2D eigenvalue weighted by atomic mass is 35.5. The minimum Gasteiger partial charge on any atom is -0.506 e. The summed E-state index contributed by atoms with van der Waals surface area (Å²) in [6.45, 7) is 4.39. The van der Waals surface area contributed by atoms with Crippen LogP contribution in [-0.4, -0.2) is 40.0 Å². The van der Waals surface area contributed by atoms with Crippen molar-refractivity contribution in [2.45, 2.75) is 13.8 Å². The molecule has 4 N–H and O–H groups in total. The van der Waals surface area contributed by atoms with Gasteiger partial charge in [0.15, 0.2) is 0 Å². The van der Waals surface area contributed by atoms with E-state index in [1.54, 1.807) is 11.8 Å². The second-order valence-corrected chi connectivity index (χ2v) is 4.84. The number of nitrogens with zero attached hydrogens (tertiary/aromatic N) is 2. The van der Waals surface area contributed by atoms with E-state index < -0.39 is 0 Å². The van der Waals surface area contributed by atoms with Crippen LogP contribution in [0.1, 0.15) is 24.2 Å². The Morgan fingerprint density at radius 1 is 1.55 bits per heavy atom. The van der Waals surface area contributed by atoms with Crippen molar-refractivity contribution in [3.8, 4) is 5.75 Å². The van der Waals surface area contributed by atoms with Crippen molar-refractivity contribution in [3.63, 3.8) is 0 Å². The zero-order valence-corrected chi connectivity index (χ0v) is 12.1. The summed E-state index contributed by atoms with van der Waals surface area (Å²) in [4.78, 5) is 13.9. The first-order chi connectivity index (χ1) is 9.40. The standard InChI is InChI=1S/C13H18ClN3O3/c1-3-17(7-8(2)12(15)16-20)13(19)9-4-5-11(18)10(14)6-9/h4-6,8,18,20H,3,7H2,1-2H3,(H2,15,16). The highest BCUT2D eigenvalue weighted by Crippen LogP contribution is 2.24. The lowest BCUT2D eigenvalue weighted by molar-refractivity contribution is 0.0754. The highest BCUT2D eigenvalue weighted by molar-refractivity contribution is 6.32. The number of nitrogens with two attached hydrogens (primary N) is 1. The number of phenolic OH excluding ortho intramolecular Hbond substituents is 1. The maximum Gasteiger partial charge on any atom is 0.253 e. The van der Waals surface area contributed by atoms with Gasteiger partial charge in [0.25, 0.3) is 5.91 Å². The number of benzene rings is 1. The van der Waals surface area contributed by atoms with E-state index in [4.69, 9.17) is 22.5 Å². The molecule has 0 aliphatic carbocycles. The largest absolute Gasteiger partial charge is 0.506 e. The van der Waals surface area contributed by atoms with Gasteiger partial charge in [0.1, 0.15) is 11.6 Å². The quantitative estimate of drug-likeness (QED) is 0.334. The number of halogens is 1. The Labute approximate surface area is 122 Å². The Bertz CT molecular complexity index is 520. The SMILES string of the molecule is CCN(CC(C)C(N)=NO)C(=O)c1ccc(O)c(Cl)c1. The molecule has 0 heterocycles. The van der Waals surface area contributed by atoms with Crippen molar-refractivity contribution in [1.29, 1.82) is 0 Å². The lowest BCUT2D eigenvalue weighted by atomic mass is 10.1. The van der Waals surface area contributed by atoms with Gasteiger partial charge in [-0.15, -0.1) is 0 Å². The monoisotopic (exact) mass is 299 g/mol. The van der Waals surface area contributed by atoms with Crippen molar-refractivity contribution < 1.29 is 15.1 Å². The van der Waals surface area contributed by atoms with Crippen LogP contribution in [0.3, 0.4) is 0 Å². The van der Waals surface area contributed by atoms with Gasteiger partial charge >= 0.3 is 0 Å². The van der Waals surface area contributed by atoms with Crippen LogP contribution in [-0.2, 0) is 0 Å². The molecule has 0 saturated carbocycles. The van der Waals surface area contributed by atoms with Crippen molar-refractivity contribution in [3.05, 3.63) is 28.8 Å². The molecule has 1 aromatic carbocycles. The van der Waals surface area contributed by atoms with Crippen molar-refractivity contribution >= 4 is 23.3 Å². The third kappa shape index (κ3) is 3.77. The van der Waals surface area contributed by atoms with Gasteiger partial charge in [-0.1, -0.05) is 23.7 Å². The maximum absolute atomic E-state index is 12.3. The fourth-order valence-electron chi connectivity index (χ4n) is 1.70. The van der Waals surface area contributed by atoms with Crippen LogP contribution in [0.25, 0.3) is 0 Å². The normalized spacial score (nSPS) is 13.1.